The highest BCUT2D eigenvalue weighted by atomic mass is 35.5. The molecule has 0 amide bonds. The molecule has 1 N–H and O–H groups in total. The lowest BCUT2D eigenvalue weighted by atomic mass is 9.89. The minimum atomic E-state index is -0.767. The van der Waals surface area contributed by atoms with Crippen LogP contribution in [0, 0.1) is 5.92 Å². The highest BCUT2D eigenvalue weighted by molar-refractivity contribution is 6.42. The Bertz CT molecular complexity index is 705. The van der Waals surface area contributed by atoms with Crippen LogP contribution in [0.2, 0.25) is 10.0 Å². The summed E-state index contributed by atoms with van der Waals surface area (Å²) in [5.74, 6) is -1.28. The minimum Gasteiger partial charge on any atom is -0.481 e. The van der Waals surface area contributed by atoms with E-state index >= 15 is 0 Å². The van der Waals surface area contributed by atoms with Crippen molar-refractivity contribution in [3.8, 4) is 0 Å². The van der Waals surface area contributed by atoms with E-state index in [4.69, 9.17) is 23.2 Å². The first-order chi connectivity index (χ1) is 11.0. The molecule has 3 rings (SSSR count). The van der Waals surface area contributed by atoms with Gasteiger partial charge in [0.2, 0.25) is 0 Å². The quantitative estimate of drug-likeness (QED) is 0.894. The van der Waals surface area contributed by atoms with Crippen molar-refractivity contribution in [3.63, 3.8) is 0 Å². The minimum absolute atomic E-state index is 0.0778. The molecule has 1 heterocycles. The Balaban J connectivity index is 1.81. The number of nitrogens with zero attached hydrogens (tertiary/aromatic N) is 1. The Hall–Kier alpha value is -1.55. The molecule has 1 fully saturated rings. The zero-order valence-corrected chi connectivity index (χ0v) is 14.0. The van der Waals surface area contributed by atoms with Crippen LogP contribution < -0.4 is 0 Å². The highest BCUT2D eigenvalue weighted by Gasteiger charge is 2.38. The molecule has 2 unspecified atom stereocenters. The summed E-state index contributed by atoms with van der Waals surface area (Å²) < 4.78 is 0. The number of halogens is 2. The van der Waals surface area contributed by atoms with E-state index in [2.05, 4.69) is 17.0 Å². The Morgan fingerprint density at radius 1 is 1.09 bits per heavy atom. The number of hydrogen-bond donors (Lipinski definition) is 1. The Kier molecular flexibility index (Phi) is 4.90. The summed E-state index contributed by atoms with van der Waals surface area (Å²) in [6.45, 7) is 1.99. The van der Waals surface area contributed by atoms with Gasteiger partial charge in [-0.15, -0.1) is 0 Å². The fraction of sp³-hybridized carbons (Fsp3) is 0.278. The maximum atomic E-state index is 11.6. The van der Waals surface area contributed by atoms with Crippen LogP contribution in [0.4, 0.5) is 0 Å². The third kappa shape index (κ3) is 3.69. The van der Waals surface area contributed by atoms with Gasteiger partial charge in [0.15, 0.2) is 0 Å². The van der Waals surface area contributed by atoms with Gasteiger partial charge in [0.05, 0.1) is 16.0 Å². The molecule has 1 saturated heterocycles. The first-order valence-electron chi connectivity index (χ1n) is 7.48. The van der Waals surface area contributed by atoms with Crippen LogP contribution in [0.3, 0.4) is 0 Å². The lowest BCUT2D eigenvalue weighted by molar-refractivity contribution is -0.141. The third-order valence-corrected chi connectivity index (χ3v) is 5.07. The number of benzene rings is 2. The molecule has 0 spiro atoms. The van der Waals surface area contributed by atoms with Crippen LogP contribution in [0.25, 0.3) is 0 Å². The third-order valence-electron chi connectivity index (χ3n) is 4.33. The summed E-state index contributed by atoms with van der Waals surface area (Å²) in [6.07, 6.45) is 0. The molecule has 0 saturated carbocycles. The largest absolute Gasteiger partial charge is 0.481 e. The molecule has 3 nitrogen and oxygen atoms in total. The van der Waals surface area contributed by atoms with E-state index in [0.29, 0.717) is 23.1 Å². The normalized spacial score (nSPS) is 21.5. The van der Waals surface area contributed by atoms with Gasteiger partial charge in [-0.25, -0.2) is 0 Å². The summed E-state index contributed by atoms with van der Waals surface area (Å²) in [4.78, 5) is 13.8. The van der Waals surface area contributed by atoms with Crippen molar-refractivity contribution in [2.45, 2.75) is 12.5 Å². The van der Waals surface area contributed by atoms with Crippen molar-refractivity contribution in [1.82, 2.24) is 4.90 Å². The molecule has 0 aliphatic carbocycles. The van der Waals surface area contributed by atoms with Gasteiger partial charge in [-0.05, 0) is 23.3 Å². The lowest BCUT2D eigenvalue weighted by Gasteiger charge is -2.16. The summed E-state index contributed by atoms with van der Waals surface area (Å²) in [6, 6.07) is 15.5. The topological polar surface area (TPSA) is 40.5 Å². The lowest BCUT2D eigenvalue weighted by Crippen LogP contribution is -2.23. The number of carboxylic acids is 1. The van der Waals surface area contributed by atoms with Gasteiger partial charge in [-0.1, -0.05) is 59.6 Å². The van der Waals surface area contributed by atoms with Crippen LogP contribution in [-0.4, -0.2) is 29.1 Å². The van der Waals surface area contributed by atoms with Gasteiger partial charge in [-0.3, -0.25) is 9.69 Å². The first kappa shape index (κ1) is 16.3. The van der Waals surface area contributed by atoms with Crippen LogP contribution in [0.5, 0.6) is 0 Å². The summed E-state index contributed by atoms with van der Waals surface area (Å²) in [5, 5.41) is 10.5. The zero-order valence-electron chi connectivity index (χ0n) is 12.5. The number of likely N-dealkylation sites (tertiary alicyclic amines) is 1. The van der Waals surface area contributed by atoms with E-state index in [-0.39, 0.29) is 5.92 Å². The summed E-state index contributed by atoms with van der Waals surface area (Å²) in [7, 11) is 0. The average Bonchev–Trinajstić information content (AvgIpc) is 2.95. The van der Waals surface area contributed by atoms with Crippen molar-refractivity contribution in [2.75, 3.05) is 13.1 Å². The smallest absolute Gasteiger partial charge is 0.308 e. The van der Waals surface area contributed by atoms with Crippen LogP contribution >= 0.6 is 23.2 Å². The molecule has 120 valence electrons. The van der Waals surface area contributed by atoms with Crippen LogP contribution in [0.1, 0.15) is 17.0 Å². The number of rotatable bonds is 4. The molecule has 0 bridgehead atoms. The van der Waals surface area contributed by atoms with E-state index in [0.717, 1.165) is 12.1 Å². The second-order valence-electron chi connectivity index (χ2n) is 5.90. The van der Waals surface area contributed by atoms with E-state index in [1.807, 2.05) is 24.3 Å². The summed E-state index contributed by atoms with van der Waals surface area (Å²) >= 11 is 12.1. The van der Waals surface area contributed by atoms with Crippen molar-refractivity contribution in [1.29, 1.82) is 0 Å². The van der Waals surface area contributed by atoms with Gasteiger partial charge < -0.3 is 5.11 Å². The highest BCUT2D eigenvalue weighted by Crippen LogP contribution is 2.36. The molecular weight excluding hydrogens is 333 g/mol. The Morgan fingerprint density at radius 3 is 2.48 bits per heavy atom. The second kappa shape index (κ2) is 6.91. The van der Waals surface area contributed by atoms with Gasteiger partial charge in [0, 0.05) is 25.6 Å². The standard InChI is InChI=1S/C18H17Cl2NO2/c19-16-7-6-13(8-17(16)20)14-10-21(11-15(14)18(22)23)9-12-4-2-1-3-5-12/h1-8,14-15H,9-11H2,(H,22,23). The number of hydrogen-bond acceptors (Lipinski definition) is 2. The van der Waals surface area contributed by atoms with E-state index in [1.54, 1.807) is 12.1 Å². The molecule has 2 aromatic carbocycles. The zero-order chi connectivity index (χ0) is 16.4. The molecule has 2 atom stereocenters. The number of carbonyl (C=O) groups is 1. The second-order valence-corrected chi connectivity index (χ2v) is 6.72. The fourth-order valence-electron chi connectivity index (χ4n) is 3.19. The molecule has 2 aromatic rings. The van der Waals surface area contributed by atoms with Gasteiger partial charge >= 0.3 is 5.97 Å². The number of aliphatic carboxylic acids is 1. The molecule has 0 aromatic heterocycles. The Labute approximate surface area is 145 Å². The van der Waals surface area contributed by atoms with Crippen molar-refractivity contribution < 1.29 is 9.90 Å². The Morgan fingerprint density at radius 2 is 1.83 bits per heavy atom. The van der Waals surface area contributed by atoms with E-state index in [9.17, 15) is 9.90 Å². The number of carboxylic acid groups (broad SMARTS) is 1. The van der Waals surface area contributed by atoms with Gasteiger partial charge in [0.1, 0.15) is 0 Å². The predicted octanol–water partition coefficient (Wildman–Crippen LogP) is 4.29. The van der Waals surface area contributed by atoms with Crippen molar-refractivity contribution in [3.05, 3.63) is 69.7 Å². The molecule has 1 aliphatic rings. The van der Waals surface area contributed by atoms with Crippen LogP contribution in [-0.2, 0) is 11.3 Å². The first-order valence-corrected chi connectivity index (χ1v) is 8.24. The van der Waals surface area contributed by atoms with E-state index < -0.39 is 11.9 Å². The maximum Gasteiger partial charge on any atom is 0.308 e. The van der Waals surface area contributed by atoms with Crippen LogP contribution in [0.15, 0.2) is 48.5 Å². The molecule has 23 heavy (non-hydrogen) atoms. The van der Waals surface area contributed by atoms with Gasteiger partial charge in [0.25, 0.3) is 0 Å². The molecule has 0 radical (unpaired) electrons. The van der Waals surface area contributed by atoms with Gasteiger partial charge in [-0.2, -0.15) is 0 Å². The molecule has 1 aliphatic heterocycles. The average molecular weight is 350 g/mol. The van der Waals surface area contributed by atoms with Crippen molar-refractivity contribution in [2.24, 2.45) is 5.92 Å². The maximum absolute atomic E-state index is 11.6. The molecule has 5 heteroatoms. The fourth-order valence-corrected chi connectivity index (χ4v) is 3.49. The molecular formula is C18H17Cl2NO2. The predicted molar refractivity (Wildman–Crippen MR) is 92.0 cm³/mol. The summed E-state index contributed by atoms with van der Waals surface area (Å²) in [5.41, 5.74) is 2.12. The van der Waals surface area contributed by atoms with E-state index in [1.165, 1.54) is 5.56 Å². The monoisotopic (exact) mass is 349 g/mol. The SMILES string of the molecule is O=C(O)C1CN(Cc2ccccc2)CC1c1ccc(Cl)c(Cl)c1. The van der Waals surface area contributed by atoms with Crippen molar-refractivity contribution >= 4 is 29.2 Å².